The van der Waals surface area contributed by atoms with E-state index in [1.807, 2.05) is 6.07 Å². The second-order valence-electron chi connectivity index (χ2n) is 4.53. The number of halogens is 1. The highest BCUT2D eigenvalue weighted by molar-refractivity contribution is 9.10. The van der Waals surface area contributed by atoms with E-state index in [1.54, 1.807) is 24.3 Å². The van der Waals surface area contributed by atoms with Crippen molar-refractivity contribution in [1.29, 1.82) is 0 Å². The van der Waals surface area contributed by atoms with Crippen LogP contribution in [0.15, 0.2) is 57.2 Å². The lowest BCUT2D eigenvalue weighted by atomic mass is 10.2. The Morgan fingerprint density at radius 2 is 1.91 bits per heavy atom. The summed E-state index contributed by atoms with van der Waals surface area (Å²) in [6.07, 6.45) is 0. The lowest BCUT2D eigenvalue weighted by Gasteiger charge is -1.99. The third-order valence-corrected chi connectivity index (χ3v) is 3.58. The first-order valence-corrected chi connectivity index (χ1v) is 7.10. The Morgan fingerprint density at radius 3 is 2.73 bits per heavy atom. The van der Waals surface area contributed by atoms with Gasteiger partial charge in [-0.05, 0) is 24.3 Å². The molecule has 0 bridgehead atoms. The van der Waals surface area contributed by atoms with Gasteiger partial charge in [-0.25, -0.2) is 0 Å². The van der Waals surface area contributed by atoms with Crippen LogP contribution in [0.1, 0.15) is 10.4 Å². The molecular formula is C15H10BrN3O3. The molecule has 0 radical (unpaired) electrons. The molecule has 6 nitrogen and oxygen atoms in total. The molecule has 7 heteroatoms. The second kappa shape index (κ2) is 5.61. The van der Waals surface area contributed by atoms with Crippen LogP contribution < -0.4 is 0 Å². The number of benzene rings is 2. The van der Waals surface area contributed by atoms with Crippen LogP contribution in [0.4, 0.5) is 5.69 Å². The quantitative estimate of drug-likeness (QED) is 0.596. The van der Waals surface area contributed by atoms with Crippen molar-refractivity contribution < 1.29 is 15.0 Å². The number of phenolic OH excluding ortho intramolecular Hbond substituents is 1. The van der Waals surface area contributed by atoms with E-state index >= 15 is 0 Å². The molecule has 3 aromatic rings. The Bertz CT molecular complexity index is 902. The Labute approximate surface area is 133 Å². The third kappa shape index (κ3) is 2.58. The first kappa shape index (κ1) is 14.3. The van der Waals surface area contributed by atoms with Gasteiger partial charge in [0.25, 0.3) is 5.91 Å². The topological polar surface area (TPSA) is 98.0 Å². The van der Waals surface area contributed by atoms with Gasteiger partial charge in [0.1, 0.15) is 5.75 Å². The van der Waals surface area contributed by atoms with Crippen molar-refractivity contribution in [3.05, 3.63) is 52.5 Å². The molecule has 0 atom stereocenters. The van der Waals surface area contributed by atoms with Crippen molar-refractivity contribution in [1.82, 2.24) is 4.98 Å². The Hall–Kier alpha value is -2.67. The smallest absolute Gasteiger partial charge is 0.299 e. The summed E-state index contributed by atoms with van der Waals surface area (Å²) in [5.41, 5.74) is 0.891. The van der Waals surface area contributed by atoms with E-state index in [-0.39, 0.29) is 22.9 Å². The maximum atomic E-state index is 12.0. The first-order chi connectivity index (χ1) is 10.6. The maximum absolute atomic E-state index is 12.0. The molecule has 1 heterocycles. The molecule has 3 rings (SSSR count). The second-order valence-corrected chi connectivity index (χ2v) is 5.45. The summed E-state index contributed by atoms with van der Waals surface area (Å²) in [6.45, 7) is 0. The summed E-state index contributed by atoms with van der Waals surface area (Å²) in [7, 11) is 0. The van der Waals surface area contributed by atoms with Gasteiger partial charge in [0.2, 0.25) is 5.88 Å². The lowest BCUT2D eigenvalue weighted by molar-refractivity contribution is 0.0992. The number of phenols is 1. The van der Waals surface area contributed by atoms with Crippen molar-refractivity contribution in [3.8, 4) is 11.6 Å². The van der Waals surface area contributed by atoms with Crippen molar-refractivity contribution in [3.63, 3.8) is 0 Å². The molecule has 0 aliphatic carbocycles. The van der Waals surface area contributed by atoms with Crippen LogP contribution in [-0.4, -0.2) is 21.1 Å². The number of carbonyl (C=O) groups excluding carboxylic acids is 1. The van der Waals surface area contributed by atoms with E-state index < -0.39 is 5.91 Å². The van der Waals surface area contributed by atoms with Crippen LogP contribution in [0.25, 0.3) is 10.9 Å². The average Bonchev–Trinajstić information content (AvgIpc) is 2.82. The minimum Gasteiger partial charge on any atom is -0.507 e. The van der Waals surface area contributed by atoms with Crippen LogP contribution in [0, 0.1) is 0 Å². The number of hydrogen-bond acceptors (Lipinski definition) is 4. The molecule has 0 spiro atoms. The van der Waals surface area contributed by atoms with Gasteiger partial charge >= 0.3 is 0 Å². The van der Waals surface area contributed by atoms with Crippen LogP contribution in [0.5, 0.6) is 11.6 Å². The number of nitrogens with zero attached hydrogens (tertiary/aromatic N) is 2. The van der Waals surface area contributed by atoms with Crippen LogP contribution in [0.2, 0.25) is 0 Å². The van der Waals surface area contributed by atoms with Crippen molar-refractivity contribution in [2.24, 2.45) is 10.2 Å². The monoisotopic (exact) mass is 359 g/mol. The molecule has 110 valence electrons. The Morgan fingerprint density at radius 1 is 1.14 bits per heavy atom. The molecule has 0 saturated heterocycles. The summed E-state index contributed by atoms with van der Waals surface area (Å²) in [6, 6.07) is 11.6. The van der Waals surface area contributed by atoms with Crippen molar-refractivity contribution in [2.75, 3.05) is 0 Å². The van der Waals surface area contributed by atoms with E-state index in [4.69, 9.17) is 0 Å². The molecule has 1 amide bonds. The number of amides is 1. The maximum Gasteiger partial charge on any atom is 0.299 e. The fourth-order valence-electron chi connectivity index (χ4n) is 2.04. The van der Waals surface area contributed by atoms with Gasteiger partial charge in [0.15, 0.2) is 5.69 Å². The highest BCUT2D eigenvalue weighted by Gasteiger charge is 2.13. The molecule has 3 N–H and O–H groups in total. The Kier molecular flexibility index (Phi) is 3.64. The standard InChI is InChI=1S/C15H10BrN3O3/c16-8-5-6-12(20)10(7-8)14(21)19-18-13-9-3-1-2-4-11(9)17-15(13)22/h1-7,17,20,22H. The summed E-state index contributed by atoms with van der Waals surface area (Å²) in [5.74, 6) is -1.06. The summed E-state index contributed by atoms with van der Waals surface area (Å²) in [5, 5.41) is 27.6. The van der Waals surface area contributed by atoms with Gasteiger partial charge in [-0.2, -0.15) is 0 Å². The van der Waals surface area contributed by atoms with Gasteiger partial charge in [0, 0.05) is 9.86 Å². The summed E-state index contributed by atoms with van der Waals surface area (Å²) in [4.78, 5) is 14.8. The predicted octanol–water partition coefficient (Wildman–Crippen LogP) is 4.27. The number of aromatic hydroxyl groups is 2. The van der Waals surface area contributed by atoms with Crippen LogP contribution >= 0.6 is 15.9 Å². The number of aromatic amines is 1. The van der Waals surface area contributed by atoms with Gasteiger partial charge in [-0.3, -0.25) is 4.79 Å². The normalized spacial score (nSPS) is 11.3. The fraction of sp³-hybridized carbons (Fsp3) is 0. The largest absolute Gasteiger partial charge is 0.507 e. The number of fused-ring (bicyclic) bond motifs is 1. The fourth-order valence-corrected chi connectivity index (χ4v) is 2.40. The van der Waals surface area contributed by atoms with E-state index in [0.717, 1.165) is 0 Å². The Balaban J connectivity index is 1.97. The van der Waals surface area contributed by atoms with Gasteiger partial charge < -0.3 is 15.2 Å². The number of azo groups is 1. The third-order valence-electron chi connectivity index (χ3n) is 3.09. The molecule has 2 aromatic carbocycles. The molecule has 0 saturated carbocycles. The number of H-pyrrole nitrogens is 1. The average molecular weight is 360 g/mol. The minimum absolute atomic E-state index is 0.0254. The molecule has 1 aromatic heterocycles. The highest BCUT2D eigenvalue weighted by Crippen LogP contribution is 2.35. The zero-order chi connectivity index (χ0) is 15.7. The van der Waals surface area contributed by atoms with Crippen LogP contribution in [-0.2, 0) is 0 Å². The number of nitrogens with one attached hydrogen (secondary N) is 1. The molecule has 0 aliphatic heterocycles. The molecular weight excluding hydrogens is 350 g/mol. The number of hydrogen-bond donors (Lipinski definition) is 3. The summed E-state index contributed by atoms with van der Waals surface area (Å²) >= 11 is 3.22. The van der Waals surface area contributed by atoms with Gasteiger partial charge in [-0.15, -0.1) is 10.2 Å². The molecule has 0 unspecified atom stereocenters. The first-order valence-electron chi connectivity index (χ1n) is 6.30. The minimum atomic E-state index is -0.705. The predicted molar refractivity (Wildman–Crippen MR) is 84.6 cm³/mol. The van der Waals surface area contributed by atoms with E-state index in [9.17, 15) is 15.0 Å². The van der Waals surface area contributed by atoms with Gasteiger partial charge in [-0.1, -0.05) is 34.1 Å². The number of rotatable bonds is 2. The molecule has 0 aliphatic rings. The van der Waals surface area contributed by atoms with Crippen molar-refractivity contribution in [2.45, 2.75) is 0 Å². The zero-order valence-electron chi connectivity index (χ0n) is 11.1. The van der Waals surface area contributed by atoms with E-state index in [2.05, 4.69) is 31.1 Å². The highest BCUT2D eigenvalue weighted by atomic mass is 79.9. The lowest BCUT2D eigenvalue weighted by Crippen LogP contribution is -1.94. The number of carbonyl (C=O) groups is 1. The number of para-hydroxylation sites is 1. The number of aromatic nitrogens is 1. The van der Waals surface area contributed by atoms with E-state index in [1.165, 1.54) is 12.1 Å². The SMILES string of the molecule is O=C(N=Nc1c(O)[nH]c2ccccc12)c1cc(Br)ccc1O. The van der Waals surface area contributed by atoms with Crippen LogP contribution in [0.3, 0.4) is 0 Å². The molecule has 0 fully saturated rings. The molecule has 22 heavy (non-hydrogen) atoms. The van der Waals surface area contributed by atoms with Crippen molar-refractivity contribution >= 4 is 38.4 Å². The summed E-state index contributed by atoms with van der Waals surface area (Å²) < 4.78 is 0.638. The van der Waals surface area contributed by atoms with Gasteiger partial charge in [0.05, 0.1) is 11.1 Å². The van der Waals surface area contributed by atoms with E-state index in [0.29, 0.717) is 15.4 Å². The zero-order valence-corrected chi connectivity index (χ0v) is 12.7.